The number of nitrogens with one attached hydrogen (secondary N) is 1. The molecule has 0 unspecified atom stereocenters. The molecule has 0 amide bonds. The highest BCUT2D eigenvalue weighted by molar-refractivity contribution is 7.99. The molecule has 3 heterocycles. The van der Waals surface area contributed by atoms with Gasteiger partial charge in [0.25, 0.3) is 0 Å². The van der Waals surface area contributed by atoms with Gasteiger partial charge >= 0.3 is 0 Å². The number of thioether (sulfide) groups is 1. The molecule has 3 aromatic rings. The fraction of sp³-hybridized carbons (Fsp3) is 0.316. The Labute approximate surface area is 160 Å². The summed E-state index contributed by atoms with van der Waals surface area (Å²) >= 11 is 3.53. The van der Waals surface area contributed by atoms with E-state index in [1.165, 1.54) is 40.8 Å². The topological polar surface area (TPSA) is 55.1 Å². The average molecular weight is 382 g/mol. The number of thiophene rings is 1. The van der Waals surface area contributed by atoms with Crippen LogP contribution in [-0.2, 0) is 12.8 Å². The molecule has 7 heteroatoms. The molecule has 0 radical (unpaired) electrons. The van der Waals surface area contributed by atoms with Gasteiger partial charge in [0.2, 0.25) is 5.16 Å². The molecule has 26 heavy (non-hydrogen) atoms. The first-order valence-corrected chi connectivity index (χ1v) is 10.7. The Morgan fingerprint density at radius 2 is 1.96 bits per heavy atom. The van der Waals surface area contributed by atoms with E-state index < -0.39 is 0 Å². The lowest BCUT2D eigenvalue weighted by molar-refractivity contribution is 0.697. The third kappa shape index (κ3) is 2.85. The molecule has 1 N–H and O–H groups in total. The van der Waals surface area contributed by atoms with Crippen LogP contribution in [0.3, 0.4) is 0 Å². The molecule has 0 fully saturated rings. The third-order valence-electron chi connectivity index (χ3n) is 4.81. The van der Waals surface area contributed by atoms with Gasteiger partial charge < -0.3 is 0 Å². The Bertz CT molecular complexity index is 984. The monoisotopic (exact) mass is 381 g/mol. The number of hydrogen-bond acceptors (Lipinski definition) is 5. The molecule has 0 saturated carbocycles. The number of aliphatic imine (C=N–C) groups is 1. The number of aryl methyl sites for hydroxylation is 2. The molecule has 132 valence electrons. The maximum Gasteiger partial charge on any atom is 0.211 e. The van der Waals surface area contributed by atoms with Crippen molar-refractivity contribution in [2.24, 2.45) is 4.99 Å². The largest absolute Gasteiger partial charge is 0.276 e. The molecule has 1 aromatic carbocycles. The highest BCUT2D eigenvalue weighted by Gasteiger charge is 2.25. The minimum absolute atomic E-state index is 0.772. The normalized spacial score (nSPS) is 17.7. The highest BCUT2D eigenvalue weighted by Crippen LogP contribution is 2.37. The summed E-state index contributed by atoms with van der Waals surface area (Å²) in [6, 6.07) is 8.27. The van der Waals surface area contributed by atoms with Gasteiger partial charge in [-0.25, -0.2) is 9.67 Å². The first-order valence-electron chi connectivity index (χ1n) is 8.87. The van der Waals surface area contributed by atoms with Crippen molar-refractivity contribution >= 4 is 34.6 Å². The molecule has 1 aliphatic carbocycles. The second kappa shape index (κ2) is 6.55. The average Bonchev–Trinajstić information content (AvgIpc) is 3.27. The standard InChI is InChI=1S/C19H19N5S2/c1-12-6-8-13(9-7-12)20-17-11-26-19-22-21-18(24(19)23-17)15-10-25-16-5-3-2-4-14(15)16/h6-10H,2-5,11H2,1H3,(H,20,23). The van der Waals surface area contributed by atoms with E-state index in [0.29, 0.717) is 0 Å². The van der Waals surface area contributed by atoms with Gasteiger partial charge in [0, 0.05) is 15.8 Å². The van der Waals surface area contributed by atoms with E-state index in [9.17, 15) is 0 Å². The number of rotatable bonds is 2. The lowest BCUT2D eigenvalue weighted by Crippen LogP contribution is -2.30. The molecule has 0 saturated heterocycles. The van der Waals surface area contributed by atoms with Crippen LogP contribution < -0.4 is 5.43 Å². The van der Waals surface area contributed by atoms with Gasteiger partial charge in [-0.05, 0) is 50.3 Å². The second-order valence-electron chi connectivity index (χ2n) is 6.69. The molecular formula is C19H19N5S2. The molecule has 1 aliphatic heterocycles. The molecule has 5 rings (SSSR count). The number of nitrogens with zero attached hydrogens (tertiary/aromatic N) is 4. The summed E-state index contributed by atoms with van der Waals surface area (Å²) < 4.78 is 2.00. The van der Waals surface area contributed by atoms with Crippen LogP contribution in [-0.4, -0.2) is 26.5 Å². The van der Waals surface area contributed by atoms with E-state index in [4.69, 9.17) is 4.99 Å². The first-order chi connectivity index (χ1) is 12.8. The second-order valence-corrected chi connectivity index (χ2v) is 8.60. The minimum atomic E-state index is 0.772. The van der Waals surface area contributed by atoms with Crippen LogP contribution in [0.4, 0.5) is 5.69 Å². The van der Waals surface area contributed by atoms with Crippen LogP contribution >= 0.6 is 23.1 Å². The van der Waals surface area contributed by atoms with Crippen LogP contribution in [0.5, 0.6) is 0 Å². The first kappa shape index (κ1) is 16.1. The number of aromatic nitrogens is 3. The zero-order chi connectivity index (χ0) is 17.5. The van der Waals surface area contributed by atoms with Crippen molar-refractivity contribution in [1.82, 2.24) is 14.9 Å². The van der Waals surface area contributed by atoms with Crippen molar-refractivity contribution in [2.45, 2.75) is 37.8 Å². The molecule has 2 aliphatic rings. The fourth-order valence-corrected chi connectivity index (χ4v) is 5.33. The number of hydrogen-bond donors (Lipinski definition) is 1. The minimum Gasteiger partial charge on any atom is -0.276 e. The summed E-state index contributed by atoms with van der Waals surface area (Å²) in [6.07, 6.45) is 4.91. The predicted molar refractivity (Wildman–Crippen MR) is 108 cm³/mol. The number of fused-ring (bicyclic) bond motifs is 2. The van der Waals surface area contributed by atoms with E-state index in [1.807, 2.05) is 28.1 Å². The predicted octanol–water partition coefficient (Wildman–Crippen LogP) is 4.57. The van der Waals surface area contributed by atoms with Gasteiger partial charge in [0.05, 0.1) is 11.4 Å². The summed E-state index contributed by atoms with van der Waals surface area (Å²) in [7, 11) is 0. The van der Waals surface area contributed by atoms with Gasteiger partial charge in [0.1, 0.15) is 5.84 Å². The maximum atomic E-state index is 4.76. The van der Waals surface area contributed by atoms with Crippen molar-refractivity contribution < 1.29 is 0 Å². The quantitative estimate of drug-likeness (QED) is 0.706. The van der Waals surface area contributed by atoms with Gasteiger partial charge in [-0.3, -0.25) is 5.43 Å². The van der Waals surface area contributed by atoms with Crippen molar-refractivity contribution in [3.05, 3.63) is 45.6 Å². The third-order valence-corrected chi connectivity index (χ3v) is 6.84. The lowest BCUT2D eigenvalue weighted by Gasteiger charge is -2.19. The van der Waals surface area contributed by atoms with Crippen LogP contribution in [0, 0.1) is 6.92 Å². The Hall–Kier alpha value is -2.12. The van der Waals surface area contributed by atoms with E-state index in [0.717, 1.165) is 34.7 Å². The SMILES string of the molecule is Cc1ccc(N=C2CSc3nnc(-c4csc5c4CCCC5)n3N2)cc1. The summed E-state index contributed by atoms with van der Waals surface area (Å²) in [5, 5.41) is 12.0. The van der Waals surface area contributed by atoms with Gasteiger partial charge in [-0.2, -0.15) is 0 Å². The summed E-state index contributed by atoms with van der Waals surface area (Å²) in [5.41, 5.74) is 8.33. The molecular weight excluding hydrogens is 362 g/mol. The van der Waals surface area contributed by atoms with Gasteiger partial charge in [-0.1, -0.05) is 29.5 Å². The Morgan fingerprint density at radius 3 is 2.85 bits per heavy atom. The van der Waals surface area contributed by atoms with Crippen LogP contribution in [0.1, 0.15) is 28.8 Å². The van der Waals surface area contributed by atoms with Crippen LogP contribution in [0.25, 0.3) is 11.4 Å². The van der Waals surface area contributed by atoms with Gasteiger partial charge in [-0.15, -0.1) is 21.5 Å². The number of benzene rings is 1. The van der Waals surface area contributed by atoms with Gasteiger partial charge in [0.15, 0.2) is 5.82 Å². The smallest absolute Gasteiger partial charge is 0.211 e. The van der Waals surface area contributed by atoms with Crippen molar-refractivity contribution in [3.63, 3.8) is 0 Å². The zero-order valence-corrected chi connectivity index (χ0v) is 16.2. The van der Waals surface area contributed by atoms with Crippen LogP contribution in [0.2, 0.25) is 0 Å². The molecule has 0 atom stereocenters. The van der Waals surface area contributed by atoms with E-state index in [1.54, 1.807) is 11.8 Å². The summed E-state index contributed by atoms with van der Waals surface area (Å²) in [4.78, 5) is 6.27. The van der Waals surface area contributed by atoms with Crippen LogP contribution in [0.15, 0.2) is 39.8 Å². The Balaban J connectivity index is 1.49. The summed E-state index contributed by atoms with van der Waals surface area (Å²) in [5.74, 6) is 2.60. The lowest BCUT2D eigenvalue weighted by atomic mass is 9.96. The van der Waals surface area contributed by atoms with E-state index in [2.05, 4.69) is 40.1 Å². The number of amidine groups is 1. The summed E-state index contributed by atoms with van der Waals surface area (Å²) in [6.45, 7) is 2.09. The van der Waals surface area contributed by atoms with Crippen molar-refractivity contribution in [1.29, 1.82) is 0 Å². The van der Waals surface area contributed by atoms with Crippen molar-refractivity contribution in [2.75, 3.05) is 11.2 Å². The molecule has 2 aromatic heterocycles. The Morgan fingerprint density at radius 1 is 1.12 bits per heavy atom. The Kier molecular flexibility index (Phi) is 4.05. The fourth-order valence-electron chi connectivity index (χ4n) is 3.45. The molecule has 5 nitrogen and oxygen atoms in total. The van der Waals surface area contributed by atoms with E-state index >= 15 is 0 Å². The van der Waals surface area contributed by atoms with Crippen molar-refractivity contribution in [3.8, 4) is 11.4 Å². The van der Waals surface area contributed by atoms with E-state index in [-0.39, 0.29) is 0 Å². The zero-order valence-electron chi connectivity index (χ0n) is 14.5. The maximum absolute atomic E-state index is 4.76. The molecule has 0 spiro atoms. The molecule has 0 bridgehead atoms. The highest BCUT2D eigenvalue weighted by atomic mass is 32.2.